The van der Waals surface area contributed by atoms with Gasteiger partial charge in [-0.15, -0.1) is 0 Å². The number of nitrogens with two attached hydrogens (primary N) is 1. The van der Waals surface area contributed by atoms with Gasteiger partial charge in [0.05, 0.1) is 0 Å². The average molecular weight is 309 g/mol. The number of anilines is 2. The van der Waals surface area contributed by atoms with Crippen molar-refractivity contribution in [3.05, 3.63) is 4.88 Å². The van der Waals surface area contributed by atoms with E-state index in [0.717, 1.165) is 19.5 Å². The third-order valence-electron chi connectivity index (χ3n) is 4.42. The van der Waals surface area contributed by atoms with E-state index in [1.807, 2.05) is 4.90 Å². The first-order valence-corrected chi connectivity index (χ1v) is 8.48. The zero-order valence-electron chi connectivity index (χ0n) is 12.5. The van der Waals surface area contributed by atoms with Crippen molar-refractivity contribution >= 4 is 28.2 Å². The van der Waals surface area contributed by atoms with Crippen LogP contribution in [-0.4, -0.2) is 60.0 Å². The standard InChI is InChI=1S/C14H23N5OS/c1-16-14-17-12(15)11(21-14)13(20)19-8-5-10(9-19)18-6-3-2-4-7-18/h10H,2-9,15H2,1H3,(H,16,17). The molecule has 1 unspecified atom stereocenters. The monoisotopic (exact) mass is 309 g/mol. The van der Waals surface area contributed by atoms with Crippen LogP contribution in [0.3, 0.4) is 0 Å². The Hall–Kier alpha value is -1.34. The highest BCUT2D eigenvalue weighted by atomic mass is 32.1. The summed E-state index contributed by atoms with van der Waals surface area (Å²) in [6.07, 6.45) is 4.99. The van der Waals surface area contributed by atoms with Crippen molar-refractivity contribution in [1.29, 1.82) is 0 Å². The Bertz CT molecular complexity index is 511. The molecule has 2 saturated heterocycles. The maximum Gasteiger partial charge on any atom is 0.267 e. The second kappa shape index (κ2) is 6.19. The number of hydrogen-bond acceptors (Lipinski definition) is 6. The molecule has 2 aliphatic rings. The number of hydrogen-bond donors (Lipinski definition) is 2. The predicted octanol–water partition coefficient (Wildman–Crippen LogP) is 1.47. The van der Waals surface area contributed by atoms with Gasteiger partial charge in [0, 0.05) is 26.2 Å². The van der Waals surface area contributed by atoms with E-state index in [0.29, 0.717) is 21.9 Å². The summed E-state index contributed by atoms with van der Waals surface area (Å²) in [5, 5.41) is 3.64. The van der Waals surface area contributed by atoms with Gasteiger partial charge in [-0.25, -0.2) is 4.98 Å². The van der Waals surface area contributed by atoms with Crippen LogP contribution in [0.1, 0.15) is 35.4 Å². The minimum Gasteiger partial charge on any atom is -0.382 e. The lowest BCUT2D eigenvalue weighted by Crippen LogP contribution is -2.41. The summed E-state index contributed by atoms with van der Waals surface area (Å²) in [4.78, 5) is 21.8. The topological polar surface area (TPSA) is 74.5 Å². The highest BCUT2D eigenvalue weighted by molar-refractivity contribution is 7.18. The maximum absolute atomic E-state index is 12.6. The first-order chi connectivity index (χ1) is 10.2. The van der Waals surface area contributed by atoms with E-state index in [4.69, 9.17) is 5.73 Å². The van der Waals surface area contributed by atoms with Crippen molar-refractivity contribution in [2.75, 3.05) is 44.3 Å². The summed E-state index contributed by atoms with van der Waals surface area (Å²) < 4.78 is 0. The van der Waals surface area contributed by atoms with Crippen molar-refractivity contribution < 1.29 is 4.79 Å². The smallest absolute Gasteiger partial charge is 0.267 e. The van der Waals surface area contributed by atoms with Crippen LogP contribution >= 0.6 is 11.3 Å². The molecular formula is C14H23N5OS. The van der Waals surface area contributed by atoms with E-state index in [-0.39, 0.29) is 5.91 Å². The molecule has 3 rings (SSSR count). The molecule has 0 aromatic carbocycles. The molecule has 116 valence electrons. The van der Waals surface area contributed by atoms with Gasteiger partial charge in [-0.05, 0) is 32.4 Å². The summed E-state index contributed by atoms with van der Waals surface area (Å²) in [6.45, 7) is 4.01. The predicted molar refractivity (Wildman–Crippen MR) is 85.8 cm³/mol. The first-order valence-electron chi connectivity index (χ1n) is 7.66. The van der Waals surface area contributed by atoms with Crippen LogP contribution in [-0.2, 0) is 0 Å². The lowest BCUT2D eigenvalue weighted by molar-refractivity contribution is 0.0777. The van der Waals surface area contributed by atoms with Gasteiger partial charge in [0.15, 0.2) is 5.13 Å². The van der Waals surface area contributed by atoms with Crippen LogP contribution in [0, 0.1) is 0 Å². The molecule has 0 radical (unpaired) electrons. The molecule has 0 aliphatic carbocycles. The molecule has 2 aliphatic heterocycles. The van der Waals surface area contributed by atoms with Gasteiger partial charge in [-0.3, -0.25) is 9.69 Å². The van der Waals surface area contributed by atoms with Crippen molar-refractivity contribution in [2.24, 2.45) is 0 Å². The fraction of sp³-hybridized carbons (Fsp3) is 0.714. The molecular weight excluding hydrogens is 286 g/mol. The third-order valence-corrected chi connectivity index (χ3v) is 5.50. The van der Waals surface area contributed by atoms with Gasteiger partial charge in [-0.1, -0.05) is 17.8 Å². The fourth-order valence-electron chi connectivity index (χ4n) is 3.24. The zero-order valence-corrected chi connectivity index (χ0v) is 13.3. The number of thiazole rings is 1. The lowest BCUT2D eigenvalue weighted by Gasteiger charge is -2.32. The molecule has 1 aromatic rings. The summed E-state index contributed by atoms with van der Waals surface area (Å²) in [6, 6.07) is 0.521. The molecule has 1 atom stereocenters. The maximum atomic E-state index is 12.6. The average Bonchev–Trinajstić information content (AvgIpc) is 3.14. The Morgan fingerprint density at radius 3 is 2.76 bits per heavy atom. The molecule has 1 aromatic heterocycles. The van der Waals surface area contributed by atoms with Crippen molar-refractivity contribution in [2.45, 2.75) is 31.7 Å². The zero-order chi connectivity index (χ0) is 14.8. The molecule has 21 heavy (non-hydrogen) atoms. The van der Waals surface area contributed by atoms with Gasteiger partial charge in [-0.2, -0.15) is 0 Å². The molecule has 2 fully saturated rings. The molecule has 3 N–H and O–H groups in total. The number of nitrogens with one attached hydrogen (secondary N) is 1. The van der Waals surface area contributed by atoms with Crippen LogP contribution in [0.25, 0.3) is 0 Å². The molecule has 6 nitrogen and oxygen atoms in total. The Morgan fingerprint density at radius 1 is 1.33 bits per heavy atom. The first kappa shape index (κ1) is 14.6. The Labute approximate surface area is 129 Å². The van der Waals surface area contributed by atoms with Crippen molar-refractivity contribution in [3.63, 3.8) is 0 Å². The summed E-state index contributed by atoms with van der Waals surface area (Å²) in [5.41, 5.74) is 5.86. The van der Waals surface area contributed by atoms with Crippen LogP contribution in [0.4, 0.5) is 10.9 Å². The van der Waals surface area contributed by atoms with Gasteiger partial charge in [0.25, 0.3) is 5.91 Å². The number of likely N-dealkylation sites (tertiary alicyclic amines) is 2. The normalized spacial score (nSPS) is 23.5. The second-order valence-electron chi connectivity index (χ2n) is 5.77. The highest BCUT2D eigenvalue weighted by Gasteiger charge is 2.32. The quantitative estimate of drug-likeness (QED) is 0.884. The van der Waals surface area contributed by atoms with Crippen LogP contribution in [0.2, 0.25) is 0 Å². The van der Waals surface area contributed by atoms with E-state index in [1.165, 1.54) is 43.7 Å². The van der Waals surface area contributed by atoms with Gasteiger partial charge in [0.1, 0.15) is 10.7 Å². The Kier molecular flexibility index (Phi) is 4.30. The summed E-state index contributed by atoms with van der Waals surface area (Å²) in [5.74, 6) is 0.377. The number of carbonyl (C=O) groups is 1. The Balaban J connectivity index is 1.64. The van der Waals surface area contributed by atoms with Crippen LogP contribution in [0.5, 0.6) is 0 Å². The number of aromatic nitrogens is 1. The summed E-state index contributed by atoms with van der Waals surface area (Å²) in [7, 11) is 1.79. The largest absolute Gasteiger partial charge is 0.382 e. The van der Waals surface area contributed by atoms with Gasteiger partial charge >= 0.3 is 0 Å². The minimum absolute atomic E-state index is 0.0333. The Morgan fingerprint density at radius 2 is 2.10 bits per heavy atom. The van der Waals surface area contributed by atoms with Crippen LogP contribution < -0.4 is 11.1 Å². The number of amides is 1. The van der Waals surface area contributed by atoms with E-state index in [1.54, 1.807) is 7.05 Å². The number of piperidine rings is 1. The lowest BCUT2D eigenvalue weighted by atomic mass is 10.1. The van der Waals surface area contributed by atoms with E-state index < -0.39 is 0 Å². The van der Waals surface area contributed by atoms with Crippen LogP contribution in [0.15, 0.2) is 0 Å². The molecule has 7 heteroatoms. The number of nitrogens with zero attached hydrogens (tertiary/aromatic N) is 3. The van der Waals surface area contributed by atoms with E-state index in [2.05, 4.69) is 15.2 Å². The molecule has 1 amide bonds. The SMILES string of the molecule is CNc1nc(N)c(C(=O)N2CCC(N3CCCCC3)C2)s1. The third kappa shape index (κ3) is 2.98. The van der Waals surface area contributed by atoms with Crippen molar-refractivity contribution in [3.8, 4) is 0 Å². The fourth-order valence-corrected chi connectivity index (χ4v) is 4.05. The van der Waals surface area contributed by atoms with E-state index >= 15 is 0 Å². The molecule has 0 saturated carbocycles. The minimum atomic E-state index is 0.0333. The second-order valence-corrected chi connectivity index (χ2v) is 6.77. The van der Waals surface area contributed by atoms with Gasteiger partial charge < -0.3 is 16.0 Å². The van der Waals surface area contributed by atoms with E-state index in [9.17, 15) is 4.79 Å². The van der Waals surface area contributed by atoms with Crippen molar-refractivity contribution in [1.82, 2.24) is 14.8 Å². The molecule has 0 spiro atoms. The highest BCUT2D eigenvalue weighted by Crippen LogP contribution is 2.28. The summed E-state index contributed by atoms with van der Waals surface area (Å²) >= 11 is 1.34. The van der Waals surface area contributed by atoms with Gasteiger partial charge in [0.2, 0.25) is 0 Å². The number of nitrogen functional groups attached to an aromatic ring is 1. The number of rotatable bonds is 3. The number of carbonyl (C=O) groups excluding carboxylic acids is 1. The molecule has 3 heterocycles. The molecule has 0 bridgehead atoms.